The van der Waals surface area contributed by atoms with Gasteiger partial charge < -0.3 is 9.72 Å². The highest BCUT2D eigenvalue weighted by Crippen LogP contribution is 2.34. The maximum atomic E-state index is 9.04. The molecule has 0 saturated heterocycles. The average molecular weight is 268 g/mol. The van der Waals surface area contributed by atoms with Crippen LogP contribution in [0.25, 0.3) is 0 Å². The number of aromatic amines is 1. The lowest BCUT2D eigenvalue weighted by Gasteiger charge is -2.12. The molecule has 2 rings (SSSR count). The SMILES string of the molecule is CCc1c[nH]c(C(C)C)c1Oc1cc(C)cc(C#N)c1. The molecule has 0 spiro atoms. The van der Waals surface area contributed by atoms with Crippen molar-refractivity contribution in [3.05, 3.63) is 46.8 Å². The maximum Gasteiger partial charge on any atom is 0.151 e. The first-order valence-electron chi connectivity index (χ1n) is 6.95. The highest BCUT2D eigenvalue weighted by molar-refractivity contribution is 5.46. The molecule has 0 aliphatic carbocycles. The molecule has 1 N–H and O–H groups in total. The number of ether oxygens (including phenoxy) is 1. The summed E-state index contributed by atoms with van der Waals surface area (Å²) in [7, 11) is 0. The first-order valence-corrected chi connectivity index (χ1v) is 6.95. The first kappa shape index (κ1) is 14.2. The van der Waals surface area contributed by atoms with Gasteiger partial charge in [0, 0.05) is 11.8 Å². The molecule has 0 aliphatic heterocycles. The summed E-state index contributed by atoms with van der Waals surface area (Å²) in [5.41, 5.74) is 3.91. The van der Waals surface area contributed by atoms with E-state index in [2.05, 4.69) is 31.8 Å². The summed E-state index contributed by atoms with van der Waals surface area (Å²) in [6, 6.07) is 7.76. The lowest BCUT2D eigenvalue weighted by Crippen LogP contribution is -1.95. The van der Waals surface area contributed by atoms with Crippen molar-refractivity contribution in [2.45, 2.75) is 40.0 Å². The van der Waals surface area contributed by atoms with Crippen LogP contribution in [0.4, 0.5) is 0 Å². The minimum atomic E-state index is 0.366. The number of nitrogens with zero attached hydrogens (tertiary/aromatic N) is 1. The van der Waals surface area contributed by atoms with Crippen LogP contribution in [0, 0.1) is 18.3 Å². The van der Waals surface area contributed by atoms with Gasteiger partial charge in [0.2, 0.25) is 0 Å². The first-order chi connectivity index (χ1) is 9.55. The van der Waals surface area contributed by atoms with Gasteiger partial charge in [-0.3, -0.25) is 0 Å². The summed E-state index contributed by atoms with van der Waals surface area (Å²) in [4.78, 5) is 3.30. The molecule has 2 aromatic rings. The third-order valence-corrected chi connectivity index (χ3v) is 3.30. The number of nitrogens with one attached hydrogen (secondary N) is 1. The number of hydrogen-bond donors (Lipinski definition) is 1. The molecule has 1 aromatic heterocycles. The van der Waals surface area contributed by atoms with Crippen LogP contribution in [0.2, 0.25) is 0 Å². The van der Waals surface area contributed by atoms with E-state index < -0.39 is 0 Å². The van der Waals surface area contributed by atoms with E-state index in [1.165, 1.54) is 0 Å². The molecule has 3 nitrogen and oxygen atoms in total. The topological polar surface area (TPSA) is 48.8 Å². The largest absolute Gasteiger partial charge is 0.455 e. The Morgan fingerprint density at radius 2 is 2.05 bits per heavy atom. The molecule has 20 heavy (non-hydrogen) atoms. The summed E-state index contributed by atoms with van der Waals surface area (Å²) in [6.45, 7) is 8.34. The Balaban J connectivity index is 2.41. The fourth-order valence-electron chi connectivity index (χ4n) is 2.27. The van der Waals surface area contributed by atoms with E-state index in [-0.39, 0.29) is 0 Å². The monoisotopic (exact) mass is 268 g/mol. The molecular weight excluding hydrogens is 248 g/mol. The van der Waals surface area contributed by atoms with Crippen LogP contribution in [-0.4, -0.2) is 4.98 Å². The molecule has 0 radical (unpaired) electrons. The zero-order valence-corrected chi connectivity index (χ0v) is 12.4. The average Bonchev–Trinajstić information content (AvgIpc) is 2.80. The lowest BCUT2D eigenvalue weighted by molar-refractivity contribution is 0.467. The second-order valence-electron chi connectivity index (χ2n) is 5.31. The predicted molar refractivity (Wildman–Crippen MR) is 80.2 cm³/mol. The van der Waals surface area contributed by atoms with Gasteiger partial charge in [-0.2, -0.15) is 5.26 Å². The Hall–Kier alpha value is -2.21. The van der Waals surface area contributed by atoms with Crippen LogP contribution in [0.1, 0.15) is 49.1 Å². The van der Waals surface area contributed by atoms with Crippen LogP contribution in [0.3, 0.4) is 0 Å². The van der Waals surface area contributed by atoms with Crippen molar-refractivity contribution in [3.8, 4) is 17.6 Å². The minimum absolute atomic E-state index is 0.366. The van der Waals surface area contributed by atoms with Gasteiger partial charge in [0.15, 0.2) is 5.75 Å². The number of rotatable bonds is 4. The summed E-state index contributed by atoms with van der Waals surface area (Å²) in [6.07, 6.45) is 2.92. The predicted octanol–water partition coefficient (Wildman–Crippen LogP) is 4.67. The number of benzene rings is 1. The molecular formula is C17H20N2O. The lowest BCUT2D eigenvalue weighted by atomic mass is 10.1. The second-order valence-corrected chi connectivity index (χ2v) is 5.31. The quantitative estimate of drug-likeness (QED) is 0.875. The zero-order chi connectivity index (χ0) is 14.7. The molecule has 0 bridgehead atoms. The summed E-state index contributed by atoms with van der Waals surface area (Å²) >= 11 is 0. The van der Waals surface area contributed by atoms with E-state index in [1.807, 2.05) is 25.3 Å². The van der Waals surface area contributed by atoms with Crippen molar-refractivity contribution in [3.63, 3.8) is 0 Å². The molecule has 0 saturated carbocycles. The highest BCUT2D eigenvalue weighted by Gasteiger charge is 2.15. The van der Waals surface area contributed by atoms with Gasteiger partial charge in [0.25, 0.3) is 0 Å². The van der Waals surface area contributed by atoms with Crippen LogP contribution in [-0.2, 0) is 6.42 Å². The van der Waals surface area contributed by atoms with Crippen LogP contribution < -0.4 is 4.74 Å². The summed E-state index contributed by atoms with van der Waals surface area (Å²) in [5.74, 6) is 1.99. The Kier molecular flexibility index (Phi) is 4.14. The molecule has 104 valence electrons. The number of H-pyrrole nitrogens is 1. The van der Waals surface area contributed by atoms with Gasteiger partial charge in [-0.25, -0.2) is 0 Å². The molecule has 0 amide bonds. The standard InChI is InChI=1S/C17H20N2O/c1-5-14-10-19-16(11(2)3)17(14)20-15-7-12(4)6-13(8-15)9-18/h6-8,10-11,19H,5H2,1-4H3. The van der Waals surface area contributed by atoms with Crippen LogP contribution in [0.15, 0.2) is 24.4 Å². The number of hydrogen-bond acceptors (Lipinski definition) is 2. The Morgan fingerprint density at radius 1 is 1.30 bits per heavy atom. The van der Waals surface area contributed by atoms with Crippen molar-refractivity contribution >= 4 is 0 Å². The smallest absolute Gasteiger partial charge is 0.151 e. The number of aromatic nitrogens is 1. The Morgan fingerprint density at radius 3 is 2.65 bits per heavy atom. The van der Waals surface area contributed by atoms with Gasteiger partial charge in [0.05, 0.1) is 17.3 Å². The van der Waals surface area contributed by atoms with Gasteiger partial charge in [-0.05, 0) is 43.0 Å². The third kappa shape index (κ3) is 2.85. The molecule has 0 fully saturated rings. The van der Waals surface area contributed by atoms with Crippen LogP contribution >= 0.6 is 0 Å². The zero-order valence-electron chi connectivity index (χ0n) is 12.4. The van der Waals surface area contributed by atoms with E-state index in [4.69, 9.17) is 10.00 Å². The summed E-state index contributed by atoms with van der Waals surface area (Å²) in [5, 5.41) is 9.04. The van der Waals surface area contributed by atoms with Crippen LogP contribution in [0.5, 0.6) is 11.5 Å². The molecule has 1 heterocycles. The normalized spacial score (nSPS) is 10.6. The van der Waals surface area contributed by atoms with Gasteiger partial charge in [0.1, 0.15) is 5.75 Å². The van der Waals surface area contributed by atoms with Gasteiger partial charge >= 0.3 is 0 Å². The number of nitriles is 1. The second kappa shape index (κ2) is 5.83. The van der Waals surface area contributed by atoms with Crippen molar-refractivity contribution in [1.82, 2.24) is 4.98 Å². The number of aryl methyl sites for hydroxylation is 2. The minimum Gasteiger partial charge on any atom is -0.455 e. The van der Waals surface area contributed by atoms with Gasteiger partial charge in [-0.15, -0.1) is 0 Å². The fourth-order valence-corrected chi connectivity index (χ4v) is 2.27. The molecule has 0 unspecified atom stereocenters. The van der Waals surface area contributed by atoms with Crippen molar-refractivity contribution in [2.24, 2.45) is 0 Å². The van der Waals surface area contributed by atoms with Crippen molar-refractivity contribution in [1.29, 1.82) is 5.26 Å². The Labute approximate surface area is 120 Å². The molecule has 0 aliphatic rings. The van der Waals surface area contributed by atoms with E-state index >= 15 is 0 Å². The van der Waals surface area contributed by atoms with Gasteiger partial charge in [-0.1, -0.05) is 20.8 Å². The maximum absolute atomic E-state index is 9.04. The Bertz CT molecular complexity index is 647. The fraction of sp³-hybridized carbons (Fsp3) is 0.353. The van der Waals surface area contributed by atoms with E-state index in [0.29, 0.717) is 11.5 Å². The molecule has 1 aromatic carbocycles. The van der Waals surface area contributed by atoms with Crippen molar-refractivity contribution < 1.29 is 4.74 Å². The molecule has 3 heteroatoms. The van der Waals surface area contributed by atoms with Crippen molar-refractivity contribution in [2.75, 3.05) is 0 Å². The highest BCUT2D eigenvalue weighted by atomic mass is 16.5. The summed E-state index contributed by atoms with van der Waals surface area (Å²) < 4.78 is 6.07. The van der Waals surface area contributed by atoms with E-state index in [1.54, 1.807) is 6.07 Å². The van der Waals surface area contributed by atoms with E-state index in [9.17, 15) is 0 Å². The molecule has 0 atom stereocenters. The van der Waals surface area contributed by atoms with E-state index in [0.717, 1.165) is 34.7 Å². The third-order valence-electron chi connectivity index (χ3n) is 3.30.